The molecule has 5 heteroatoms. The number of hydrogen-bond donors (Lipinski definition) is 2. The summed E-state index contributed by atoms with van der Waals surface area (Å²) in [6, 6.07) is 38.2. The van der Waals surface area contributed by atoms with Crippen LogP contribution in [0.2, 0.25) is 5.02 Å². The monoisotopic (exact) mass is 445 g/mol. The maximum absolute atomic E-state index is 12.8. The molecule has 4 aromatic carbocycles. The molecule has 2 N–H and O–H groups in total. The van der Waals surface area contributed by atoms with Crippen molar-refractivity contribution in [3.05, 3.63) is 120 Å². The van der Waals surface area contributed by atoms with E-state index in [4.69, 9.17) is 11.6 Å². The van der Waals surface area contributed by atoms with E-state index in [1.54, 1.807) is 24.3 Å². The minimum Gasteiger partial charge on any atom is -0.308 e. The van der Waals surface area contributed by atoms with Crippen LogP contribution in [0.1, 0.15) is 0 Å². The summed E-state index contributed by atoms with van der Waals surface area (Å²) in [6.07, 6.45) is 0.504. The summed E-state index contributed by atoms with van der Waals surface area (Å²) < 4.78 is 0. The molecule has 0 aliphatic carbocycles. The highest BCUT2D eigenvalue weighted by atomic mass is 35.5. The third kappa shape index (κ3) is 4.80. The summed E-state index contributed by atoms with van der Waals surface area (Å²) in [6.45, 7) is 0. The molecule has 0 spiro atoms. The Hall–Kier alpha value is -3.13. The van der Waals surface area contributed by atoms with Crippen molar-refractivity contribution in [2.75, 3.05) is 11.6 Å². The predicted molar refractivity (Wildman–Crippen MR) is 134 cm³/mol. The first-order chi connectivity index (χ1) is 15.2. The predicted octanol–water partition coefficient (Wildman–Crippen LogP) is 5.41. The van der Waals surface area contributed by atoms with Gasteiger partial charge in [0.15, 0.2) is 0 Å². The van der Waals surface area contributed by atoms with Crippen molar-refractivity contribution < 1.29 is 4.79 Å². The average molecular weight is 446 g/mol. The van der Waals surface area contributed by atoms with Crippen LogP contribution in [0.15, 0.2) is 115 Å². The zero-order valence-electron chi connectivity index (χ0n) is 16.9. The maximum atomic E-state index is 12.8. The number of halogens is 1. The SMILES string of the molecule is O=C(NC[P+](c1ccccc1)(c1ccccc1)c1ccccc1)Nc1ccc(Cl)cc1. The fourth-order valence-corrected chi connectivity index (χ4v) is 7.66. The van der Waals surface area contributed by atoms with Crippen molar-refractivity contribution in [1.82, 2.24) is 5.32 Å². The molecule has 4 aromatic rings. The molecule has 31 heavy (non-hydrogen) atoms. The number of urea groups is 1. The van der Waals surface area contributed by atoms with Crippen molar-refractivity contribution in [2.45, 2.75) is 0 Å². The molecule has 0 fully saturated rings. The fourth-order valence-electron chi connectivity index (χ4n) is 3.67. The van der Waals surface area contributed by atoms with Gasteiger partial charge in [-0.15, -0.1) is 0 Å². The van der Waals surface area contributed by atoms with E-state index in [1.165, 1.54) is 15.9 Å². The molecule has 154 valence electrons. The second-order valence-electron chi connectivity index (χ2n) is 7.11. The second kappa shape index (κ2) is 9.78. The molecule has 0 aliphatic rings. The number of hydrogen-bond acceptors (Lipinski definition) is 1. The van der Waals surface area contributed by atoms with E-state index in [1.807, 2.05) is 18.2 Å². The molecule has 4 rings (SSSR count). The maximum Gasteiger partial charge on any atom is 0.322 e. The molecular formula is C26H23ClN2OP+. The summed E-state index contributed by atoms with van der Waals surface area (Å²) in [5.41, 5.74) is 0.699. The van der Waals surface area contributed by atoms with E-state index in [9.17, 15) is 4.79 Å². The summed E-state index contributed by atoms with van der Waals surface area (Å²) in [5, 5.41) is 10.4. The van der Waals surface area contributed by atoms with Gasteiger partial charge in [0, 0.05) is 10.7 Å². The topological polar surface area (TPSA) is 41.1 Å². The molecule has 0 saturated carbocycles. The van der Waals surface area contributed by atoms with Gasteiger partial charge in [-0.3, -0.25) is 0 Å². The summed E-state index contributed by atoms with van der Waals surface area (Å²) >= 11 is 5.95. The highest BCUT2D eigenvalue weighted by Gasteiger charge is 2.45. The summed E-state index contributed by atoms with van der Waals surface area (Å²) in [7, 11) is -2.11. The van der Waals surface area contributed by atoms with Crippen LogP contribution in [0, 0.1) is 0 Å². The lowest BCUT2D eigenvalue weighted by molar-refractivity contribution is 0.253. The van der Waals surface area contributed by atoms with Crippen LogP contribution in [0.25, 0.3) is 0 Å². The number of anilines is 1. The zero-order chi connectivity index (χ0) is 21.5. The molecule has 0 aromatic heterocycles. The first-order valence-corrected chi connectivity index (χ1v) is 12.4. The van der Waals surface area contributed by atoms with E-state index in [0.29, 0.717) is 17.0 Å². The molecule has 0 radical (unpaired) electrons. The van der Waals surface area contributed by atoms with Crippen LogP contribution in [0.4, 0.5) is 10.5 Å². The number of nitrogens with one attached hydrogen (secondary N) is 2. The lowest BCUT2D eigenvalue weighted by Gasteiger charge is -2.27. The Balaban J connectivity index is 1.71. The molecule has 0 unspecified atom stereocenters. The van der Waals surface area contributed by atoms with Gasteiger partial charge in [0.1, 0.15) is 29.5 Å². The Kier molecular flexibility index (Phi) is 6.66. The van der Waals surface area contributed by atoms with Gasteiger partial charge in [0.05, 0.1) is 0 Å². The zero-order valence-corrected chi connectivity index (χ0v) is 18.6. The van der Waals surface area contributed by atoms with Crippen LogP contribution in [-0.4, -0.2) is 12.3 Å². The van der Waals surface area contributed by atoms with Crippen molar-refractivity contribution in [2.24, 2.45) is 0 Å². The number of amides is 2. The normalized spacial score (nSPS) is 11.0. The fraction of sp³-hybridized carbons (Fsp3) is 0.0385. The Bertz CT molecular complexity index is 1020. The molecule has 0 bridgehead atoms. The second-order valence-corrected chi connectivity index (χ2v) is 11.0. The van der Waals surface area contributed by atoms with E-state index >= 15 is 0 Å². The smallest absolute Gasteiger partial charge is 0.308 e. The third-order valence-corrected chi connectivity index (χ3v) is 9.59. The van der Waals surface area contributed by atoms with Gasteiger partial charge in [-0.05, 0) is 60.7 Å². The Labute approximate surface area is 188 Å². The summed E-state index contributed by atoms with van der Waals surface area (Å²) in [4.78, 5) is 12.8. The Morgan fingerprint density at radius 2 is 1.06 bits per heavy atom. The number of rotatable bonds is 6. The van der Waals surface area contributed by atoms with Crippen LogP contribution in [0.5, 0.6) is 0 Å². The van der Waals surface area contributed by atoms with Gasteiger partial charge in [-0.1, -0.05) is 66.2 Å². The van der Waals surface area contributed by atoms with Crippen LogP contribution >= 0.6 is 18.9 Å². The van der Waals surface area contributed by atoms with Gasteiger partial charge in [0.25, 0.3) is 0 Å². The van der Waals surface area contributed by atoms with E-state index in [-0.39, 0.29) is 6.03 Å². The van der Waals surface area contributed by atoms with Crippen LogP contribution < -0.4 is 26.5 Å². The van der Waals surface area contributed by atoms with Gasteiger partial charge in [-0.25, -0.2) is 4.79 Å². The van der Waals surface area contributed by atoms with E-state index < -0.39 is 7.26 Å². The minimum absolute atomic E-state index is 0.241. The van der Waals surface area contributed by atoms with Gasteiger partial charge >= 0.3 is 6.03 Å². The van der Waals surface area contributed by atoms with E-state index in [0.717, 1.165) is 0 Å². The molecule has 0 atom stereocenters. The van der Waals surface area contributed by atoms with Gasteiger partial charge in [0.2, 0.25) is 0 Å². The van der Waals surface area contributed by atoms with E-state index in [2.05, 4.69) is 83.4 Å². The largest absolute Gasteiger partial charge is 0.322 e. The highest BCUT2D eigenvalue weighted by Crippen LogP contribution is 2.54. The lowest BCUT2D eigenvalue weighted by atomic mass is 10.3. The first-order valence-electron chi connectivity index (χ1n) is 10.0. The molecule has 0 heterocycles. The van der Waals surface area contributed by atoms with Gasteiger partial charge < -0.3 is 10.6 Å². The first kappa shape index (κ1) is 21.1. The van der Waals surface area contributed by atoms with Crippen molar-refractivity contribution in [1.29, 1.82) is 0 Å². The number of carbonyl (C=O) groups is 1. The molecule has 0 aliphatic heterocycles. The summed E-state index contributed by atoms with van der Waals surface area (Å²) in [5.74, 6) is 0. The minimum atomic E-state index is -2.11. The van der Waals surface area contributed by atoms with Crippen LogP contribution in [0.3, 0.4) is 0 Å². The van der Waals surface area contributed by atoms with Crippen molar-refractivity contribution in [3.8, 4) is 0 Å². The van der Waals surface area contributed by atoms with Crippen molar-refractivity contribution >= 4 is 46.5 Å². The lowest BCUT2D eigenvalue weighted by Crippen LogP contribution is -2.41. The third-order valence-electron chi connectivity index (χ3n) is 5.17. The number of benzene rings is 4. The Morgan fingerprint density at radius 3 is 1.48 bits per heavy atom. The molecule has 2 amide bonds. The van der Waals surface area contributed by atoms with Gasteiger partial charge in [-0.2, -0.15) is 0 Å². The average Bonchev–Trinajstić information content (AvgIpc) is 2.83. The Morgan fingerprint density at radius 1 is 0.645 bits per heavy atom. The molecule has 0 saturated heterocycles. The number of carbonyl (C=O) groups excluding carboxylic acids is 1. The molecule has 3 nitrogen and oxygen atoms in total. The molecular weight excluding hydrogens is 423 g/mol. The van der Waals surface area contributed by atoms with Crippen LogP contribution in [-0.2, 0) is 0 Å². The quantitative estimate of drug-likeness (QED) is 0.383. The van der Waals surface area contributed by atoms with Crippen molar-refractivity contribution in [3.63, 3.8) is 0 Å². The highest BCUT2D eigenvalue weighted by molar-refractivity contribution is 7.95. The standard InChI is InChI=1S/C26H22ClN2OP/c27-21-16-18-22(19-17-21)29-26(30)28-20-31(23-10-4-1-5-11-23,24-12-6-2-7-13-24)25-14-8-3-9-15-25/h1-19H,20H2,(H-,28,29,30)/p+1.